The van der Waals surface area contributed by atoms with Gasteiger partial charge in [-0.05, 0) is 19.1 Å². The minimum absolute atomic E-state index is 0.423. The van der Waals surface area contributed by atoms with Crippen LogP contribution in [0, 0.1) is 0 Å². The van der Waals surface area contributed by atoms with Gasteiger partial charge < -0.3 is 14.6 Å². The quantitative estimate of drug-likeness (QED) is 0.791. The molecule has 3 heterocycles. The molecule has 0 amide bonds. The Labute approximate surface area is 94.2 Å². The van der Waals surface area contributed by atoms with E-state index in [1.54, 1.807) is 0 Å². The summed E-state index contributed by atoms with van der Waals surface area (Å²) in [6.07, 6.45) is 3.85. The molecule has 0 aliphatic carbocycles. The van der Waals surface area contributed by atoms with E-state index in [0.29, 0.717) is 6.04 Å². The van der Waals surface area contributed by atoms with Crippen molar-refractivity contribution in [1.29, 1.82) is 0 Å². The van der Waals surface area contributed by atoms with E-state index in [0.717, 1.165) is 30.8 Å². The molecule has 1 unspecified atom stereocenters. The van der Waals surface area contributed by atoms with Crippen molar-refractivity contribution < 1.29 is 4.74 Å². The number of H-pyrrole nitrogens is 1. The van der Waals surface area contributed by atoms with Gasteiger partial charge in [-0.3, -0.25) is 0 Å². The number of aromatic amines is 1. The average molecular weight is 217 g/mol. The summed E-state index contributed by atoms with van der Waals surface area (Å²) in [5.74, 6) is 0. The van der Waals surface area contributed by atoms with Crippen LogP contribution in [0.15, 0.2) is 24.5 Å². The molecule has 2 aromatic heterocycles. The number of ether oxygens (including phenoxy) is 1. The third-order valence-corrected chi connectivity index (χ3v) is 3.08. The third kappa shape index (κ3) is 1.55. The number of morpholine rings is 1. The molecule has 16 heavy (non-hydrogen) atoms. The van der Waals surface area contributed by atoms with Gasteiger partial charge in [0, 0.05) is 24.2 Å². The maximum Gasteiger partial charge on any atom is 0.137 e. The summed E-state index contributed by atoms with van der Waals surface area (Å²) in [5.41, 5.74) is 2.13. The van der Waals surface area contributed by atoms with E-state index in [-0.39, 0.29) is 0 Å². The first-order chi connectivity index (χ1) is 7.84. The first-order valence-electron chi connectivity index (χ1n) is 5.62. The molecule has 0 bridgehead atoms. The van der Waals surface area contributed by atoms with E-state index >= 15 is 0 Å². The second-order valence-corrected chi connectivity index (χ2v) is 4.23. The van der Waals surface area contributed by atoms with Crippen molar-refractivity contribution in [3.63, 3.8) is 0 Å². The zero-order valence-corrected chi connectivity index (χ0v) is 9.31. The number of pyridine rings is 1. The Balaban J connectivity index is 1.97. The Hall–Kier alpha value is -1.55. The molecular formula is C12H15N3O. The number of fused-ring (bicyclic) bond motifs is 1. The molecule has 4 heteroatoms. The van der Waals surface area contributed by atoms with Crippen molar-refractivity contribution in [3.8, 4) is 0 Å². The predicted octanol–water partition coefficient (Wildman–Crippen LogP) is 1.79. The van der Waals surface area contributed by atoms with Gasteiger partial charge >= 0.3 is 0 Å². The van der Waals surface area contributed by atoms with E-state index < -0.39 is 0 Å². The standard InChI is InChI=1S/C12H15N3O/c1-9-8-16-5-4-15(9)11-6-10-2-3-13-12(10)14-7-11/h2-3,6-7,9H,4-5,8H2,1H3,(H,13,14). The Morgan fingerprint density at radius 1 is 1.56 bits per heavy atom. The molecule has 0 saturated carbocycles. The van der Waals surface area contributed by atoms with Gasteiger partial charge in [-0.25, -0.2) is 4.98 Å². The molecule has 1 saturated heterocycles. The molecule has 1 atom stereocenters. The second-order valence-electron chi connectivity index (χ2n) is 4.23. The number of rotatable bonds is 1. The first kappa shape index (κ1) is 9.66. The smallest absolute Gasteiger partial charge is 0.137 e. The normalized spacial score (nSPS) is 21.6. The lowest BCUT2D eigenvalue weighted by atomic mass is 10.2. The minimum atomic E-state index is 0.423. The van der Waals surface area contributed by atoms with Gasteiger partial charge in [0.1, 0.15) is 5.65 Å². The van der Waals surface area contributed by atoms with Crippen LogP contribution in [-0.2, 0) is 4.74 Å². The average Bonchev–Trinajstić information content (AvgIpc) is 2.76. The van der Waals surface area contributed by atoms with Gasteiger partial charge in [-0.15, -0.1) is 0 Å². The van der Waals surface area contributed by atoms with Crippen molar-refractivity contribution in [2.24, 2.45) is 0 Å². The lowest BCUT2D eigenvalue weighted by Gasteiger charge is -2.34. The van der Waals surface area contributed by atoms with Crippen LogP contribution >= 0.6 is 0 Å². The second kappa shape index (κ2) is 3.79. The molecule has 3 rings (SSSR count). The Morgan fingerprint density at radius 2 is 2.50 bits per heavy atom. The van der Waals surface area contributed by atoms with Crippen LogP contribution in [0.3, 0.4) is 0 Å². The van der Waals surface area contributed by atoms with Crippen LogP contribution in [-0.4, -0.2) is 35.8 Å². The maximum atomic E-state index is 5.44. The highest BCUT2D eigenvalue weighted by molar-refractivity contribution is 5.79. The molecule has 1 N–H and O–H groups in total. The van der Waals surface area contributed by atoms with Crippen LogP contribution in [0.2, 0.25) is 0 Å². The highest BCUT2D eigenvalue weighted by Gasteiger charge is 2.19. The summed E-state index contributed by atoms with van der Waals surface area (Å²) in [6.45, 7) is 4.72. The number of aromatic nitrogens is 2. The van der Waals surface area contributed by atoms with Crippen LogP contribution in [0.25, 0.3) is 11.0 Å². The van der Waals surface area contributed by atoms with Crippen molar-refractivity contribution in [2.75, 3.05) is 24.7 Å². The molecule has 1 aliphatic rings. The summed E-state index contributed by atoms with van der Waals surface area (Å²) >= 11 is 0. The van der Waals surface area contributed by atoms with Gasteiger partial charge in [0.15, 0.2) is 0 Å². The summed E-state index contributed by atoms with van der Waals surface area (Å²) < 4.78 is 5.44. The number of anilines is 1. The fraction of sp³-hybridized carbons (Fsp3) is 0.417. The number of nitrogens with zero attached hydrogens (tertiary/aromatic N) is 2. The zero-order valence-electron chi connectivity index (χ0n) is 9.31. The van der Waals surface area contributed by atoms with Gasteiger partial charge in [-0.1, -0.05) is 0 Å². The monoisotopic (exact) mass is 217 g/mol. The van der Waals surface area contributed by atoms with E-state index in [1.165, 1.54) is 5.69 Å². The molecule has 4 nitrogen and oxygen atoms in total. The van der Waals surface area contributed by atoms with E-state index in [4.69, 9.17) is 4.74 Å². The molecule has 1 fully saturated rings. The largest absolute Gasteiger partial charge is 0.377 e. The van der Waals surface area contributed by atoms with Gasteiger partial charge in [0.25, 0.3) is 0 Å². The Morgan fingerprint density at radius 3 is 3.38 bits per heavy atom. The van der Waals surface area contributed by atoms with E-state index in [2.05, 4.69) is 33.9 Å². The van der Waals surface area contributed by atoms with Crippen molar-refractivity contribution in [1.82, 2.24) is 9.97 Å². The molecule has 84 valence electrons. The summed E-state index contributed by atoms with van der Waals surface area (Å²) in [6, 6.07) is 4.66. The lowest BCUT2D eigenvalue weighted by Crippen LogP contribution is -2.43. The molecule has 2 aromatic rings. The van der Waals surface area contributed by atoms with Crippen LogP contribution in [0.1, 0.15) is 6.92 Å². The van der Waals surface area contributed by atoms with Gasteiger partial charge in [0.05, 0.1) is 25.1 Å². The number of nitrogens with one attached hydrogen (secondary N) is 1. The third-order valence-electron chi connectivity index (χ3n) is 3.08. The number of hydrogen-bond donors (Lipinski definition) is 1. The SMILES string of the molecule is CC1COCCN1c1cnc2[nH]ccc2c1. The highest BCUT2D eigenvalue weighted by atomic mass is 16.5. The van der Waals surface area contributed by atoms with Crippen molar-refractivity contribution >= 4 is 16.7 Å². The molecule has 0 aromatic carbocycles. The maximum absolute atomic E-state index is 5.44. The fourth-order valence-electron chi connectivity index (χ4n) is 2.20. The Kier molecular flexibility index (Phi) is 2.29. The minimum Gasteiger partial charge on any atom is -0.377 e. The van der Waals surface area contributed by atoms with Crippen LogP contribution < -0.4 is 4.90 Å². The first-order valence-corrected chi connectivity index (χ1v) is 5.62. The fourth-order valence-corrected chi connectivity index (χ4v) is 2.20. The summed E-state index contributed by atoms with van der Waals surface area (Å²) in [5, 5.41) is 1.16. The van der Waals surface area contributed by atoms with Crippen LogP contribution in [0.5, 0.6) is 0 Å². The van der Waals surface area contributed by atoms with Crippen molar-refractivity contribution in [2.45, 2.75) is 13.0 Å². The summed E-state index contributed by atoms with van der Waals surface area (Å²) in [4.78, 5) is 9.87. The molecule has 1 aliphatic heterocycles. The molecule has 0 radical (unpaired) electrons. The summed E-state index contributed by atoms with van der Waals surface area (Å²) in [7, 11) is 0. The highest BCUT2D eigenvalue weighted by Crippen LogP contribution is 2.22. The lowest BCUT2D eigenvalue weighted by molar-refractivity contribution is 0.0989. The van der Waals surface area contributed by atoms with E-state index in [9.17, 15) is 0 Å². The van der Waals surface area contributed by atoms with Gasteiger partial charge in [-0.2, -0.15) is 0 Å². The predicted molar refractivity (Wildman–Crippen MR) is 63.7 cm³/mol. The molecular weight excluding hydrogens is 202 g/mol. The zero-order chi connectivity index (χ0) is 11.0. The van der Waals surface area contributed by atoms with Crippen LogP contribution in [0.4, 0.5) is 5.69 Å². The Bertz CT molecular complexity index is 494. The molecule has 0 spiro atoms. The number of hydrogen-bond acceptors (Lipinski definition) is 3. The topological polar surface area (TPSA) is 41.1 Å². The van der Waals surface area contributed by atoms with Gasteiger partial charge in [0.2, 0.25) is 0 Å². The van der Waals surface area contributed by atoms with Crippen molar-refractivity contribution in [3.05, 3.63) is 24.5 Å². The van der Waals surface area contributed by atoms with E-state index in [1.807, 2.05) is 12.4 Å².